The molecule has 1 heterocycles. The molecule has 5 nitrogen and oxygen atoms in total. The maximum absolute atomic E-state index is 12.5. The molecule has 0 saturated carbocycles. The quantitative estimate of drug-likeness (QED) is 0.650. The Bertz CT molecular complexity index is 693. The maximum Gasteiger partial charge on any atom is 0.233 e. The lowest BCUT2D eigenvalue weighted by molar-refractivity contribution is -0.141. The minimum Gasteiger partial charge on any atom is -0.491 e. The minimum absolute atomic E-state index is 0.0116. The summed E-state index contributed by atoms with van der Waals surface area (Å²) in [7, 11) is 0. The summed E-state index contributed by atoms with van der Waals surface area (Å²) < 4.78 is 5.81. The summed E-state index contributed by atoms with van der Waals surface area (Å²) in [5.41, 5.74) is 0.975. The molecule has 1 aromatic rings. The number of hydrogen-bond acceptors (Lipinski definition) is 4. The Labute approximate surface area is 154 Å². The van der Waals surface area contributed by atoms with Gasteiger partial charge in [-0.15, -0.1) is 0 Å². The number of hydrogen-bond donors (Lipinski definition) is 1. The second kappa shape index (κ2) is 7.23. The van der Waals surface area contributed by atoms with Gasteiger partial charge >= 0.3 is 0 Å². The highest BCUT2D eigenvalue weighted by Gasteiger charge is 2.47. The molecule has 5 heteroatoms. The highest BCUT2D eigenvalue weighted by Crippen LogP contribution is 2.35. The summed E-state index contributed by atoms with van der Waals surface area (Å²) in [4.78, 5) is 26.1. The van der Waals surface area contributed by atoms with Crippen molar-refractivity contribution in [3.05, 3.63) is 42.0 Å². The molecule has 1 saturated heterocycles. The molecule has 1 aliphatic heterocycles. The first-order chi connectivity index (χ1) is 12.3. The fourth-order valence-corrected chi connectivity index (χ4v) is 3.71. The Balaban J connectivity index is 1.61. The number of likely N-dealkylation sites (tertiary alicyclic amines) is 1. The number of aliphatic hydroxyl groups is 1. The summed E-state index contributed by atoms with van der Waals surface area (Å²) in [6.07, 6.45) is 4.22. The summed E-state index contributed by atoms with van der Waals surface area (Å²) in [5, 5.41) is 10.3. The molecule has 1 aromatic carbocycles. The number of nitrogens with zero attached hydrogens (tertiary/aromatic N) is 1. The van der Waals surface area contributed by atoms with Crippen LogP contribution in [0.2, 0.25) is 0 Å². The number of rotatable bonds is 5. The first-order valence-corrected chi connectivity index (χ1v) is 9.19. The van der Waals surface area contributed by atoms with Gasteiger partial charge in [-0.25, -0.2) is 0 Å². The van der Waals surface area contributed by atoms with Gasteiger partial charge in [-0.2, -0.15) is 0 Å². The van der Waals surface area contributed by atoms with E-state index in [0.717, 1.165) is 11.3 Å². The SMILES string of the molecule is CC(C)(C)c1ccccc1OCC(O)CN1C(=O)C2CC=CCC2C1=O. The third kappa shape index (κ3) is 3.68. The smallest absolute Gasteiger partial charge is 0.233 e. The molecule has 26 heavy (non-hydrogen) atoms. The van der Waals surface area contributed by atoms with E-state index in [2.05, 4.69) is 20.8 Å². The normalized spacial score (nSPS) is 23.9. The van der Waals surface area contributed by atoms with Crippen molar-refractivity contribution < 1.29 is 19.4 Å². The number of para-hydroxylation sites is 1. The van der Waals surface area contributed by atoms with E-state index in [1.807, 2.05) is 36.4 Å². The Morgan fingerprint density at radius 3 is 2.27 bits per heavy atom. The van der Waals surface area contributed by atoms with E-state index in [1.54, 1.807) is 0 Å². The molecule has 3 rings (SSSR count). The molecule has 1 aliphatic carbocycles. The van der Waals surface area contributed by atoms with Gasteiger partial charge < -0.3 is 9.84 Å². The molecule has 0 aromatic heterocycles. The highest BCUT2D eigenvalue weighted by molar-refractivity contribution is 6.05. The third-order valence-corrected chi connectivity index (χ3v) is 5.12. The average Bonchev–Trinajstić information content (AvgIpc) is 2.85. The van der Waals surface area contributed by atoms with E-state index in [-0.39, 0.29) is 42.2 Å². The Morgan fingerprint density at radius 1 is 1.12 bits per heavy atom. The number of allylic oxidation sites excluding steroid dienone is 2. The molecule has 0 spiro atoms. The minimum atomic E-state index is -0.913. The van der Waals surface area contributed by atoms with Gasteiger partial charge in [0, 0.05) is 0 Å². The van der Waals surface area contributed by atoms with Crippen molar-refractivity contribution in [3.8, 4) is 5.75 Å². The summed E-state index contributed by atoms with van der Waals surface area (Å²) in [6.45, 7) is 6.33. The van der Waals surface area contributed by atoms with Crippen LogP contribution in [0, 0.1) is 11.8 Å². The van der Waals surface area contributed by atoms with Crippen LogP contribution in [0.15, 0.2) is 36.4 Å². The van der Waals surface area contributed by atoms with Gasteiger partial charge in [-0.3, -0.25) is 14.5 Å². The number of imide groups is 1. The Morgan fingerprint density at radius 2 is 1.69 bits per heavy atom. The topological polar surface area (TPSA) is 66.8 Å². The van der Waals surface area contributed by atoms with Gasteiger partial charge in [0.1, 0.15) is 18.5 Å². The number of β-amino-alcohol motifs (C(OH)–C–C–N with tert-alkyl or cyclic N) is 1. The third-order valence-electron chi connectivity index (χ3n) is 5.12. The van der Waals surface area contributed by atoms with Crippen LogP contribution in [0.3, 0.4) is 0 Å². The highest BCUT2D eigenvalue weighted by atomic mass is 16.5. The Kier molecular flexibility index (Phi) is 5.19. The summed E-state index contributed by atoms with van der Waals surface area (Å²) >= 11 is 0. The van der Waals surface area contributed by atoms with Gasteiger partial charge in [-0.1, -0.05) is 51.1 Å². The van der Waals surface area contributed by atoms with Crippen molar-refractivity contribution >= 4 is 11.8 Å². The molecular formula is C21H27NO4. The molecule has 0 bridgehead atoms. The zero-order chi connectivity index (χ0) is 18.9. The molecule has 140 valence electrons. The van der Waals surface area contributed by atoms with Gasteiger partial charge in [0.25, 0.3) is 0 Å². The first kappa shape index (κ1) is 18.6. The van der Waals surface area contributed by atoms with Gasteiger partial charge in [0.2, 0.25) is 11.8 Å². The number of carbonyl (C=O) groups excluding carboxylic acids is 2. The van der Waals surface area contributed by atoms with Crippen molar-refractivity contribution in [2.45, 2.75) is 45.1 Å². The standard InChI is InChI=1S/C21H27NO4/c1-21(2,3)17-10-6-7-11-18(17)26-13-14(23)12-22-19(24)15-8-4-5-9-16(15)20(22)25/h4-7,10-11,14-16,23H,8-9,12-13H2,1-3H3. The van der Waals surface area contributed by atoms with E-state index < -0.39 is 6.10 Å². The lowest BCUT2D eigenvalue weighted by atomic mass is 9.85. The van der Waals surface area contributed by atoms with Crippen LogP contribution in [0.5, 0.6) is 5.75 Å². The van der Waals surface area contributed by atoms with E-state index in [0.29, 0.717) is 12.8 Å². The van der Waals surface area contributed by atoms with Crippen LogP contribution < -0.4 is 4.74 Å². The van der Waals surface area contributed by atoms with Crippen molar-refractivity contribution in [3.63, 3.8) is 0 Å². The van der Waals surface area contributed by atoms with E-state index >= 15 is 0 Å². The number of benzene rings is 1. The zero-order valence-electron chi connectivity index (χ0n) is 15.6. The van der Waals surface area contributed by atoms with Gasteiger partial charge in [0.15, 0.2) is 0 Å². The molecule has 3 unspecified atom stereocenters. The van der Waals surface area contributed by atoms with E-state index in [4.69, 9.17) is 4.74 Å². The van der Waals surface area contributed by atoms with Crippen LogP contribution in [-0.4, -0.2) is 41.1 Å². The maximum atomic E-state index is 12.5. The number of carbonyl (C=O) groups is 2. The number of ether oxygens (including phenoxy) is 1. The second-order valence-corrected chi connectivity index (χ2v) is 8.15. The van der Waals surface area contributed by atoms with Crippen LogP contribution in [0.25, 0.3) is 0 Å². The second-order valence-electron chi connectivity index (χ2n) is 8.15. The van der Waals surface area contributed by atoms with Crippen LogP contribution >= 0.6 is 0 Å². The molecule has 2 amide bonds. The lowest BCUT2D eigenvalue weighted by Crippen LogP contribution is -2.40. The number of amides is 2. The fourth-order valence-electron chi connectivity index (χ4n) is 3.71. The van der Waals surface area contributed by atoms with Gasteiger partial charge in [-0.05, 0) is 29.9 Å². The van der Waals surface area contributed by atoms with Gasteiger partial charge in [0.05, 0.1) is 18.4 Å². The van der Waals surface area contributed by atoms with Crippen molar-refractivity contribution in [1.29, 1.82) is 0 Å². The first-order valence-electron chi connectivity index (χ1n) is 9.19. The van der Waals surface area contributed by atoms with Crippen LogP contribution in [-0.2, 0) is 15.0 Å². The van der Waals surface area contributed by atoms with E-state index in [9.17, 15) is 14.7 Å². The zero-order valence-corrected chi connectivity index (χ0v) is 15.6. The molecule has 1 N–H and O–H groups in total. The predicted octanol–water partition coefficient (Wildman–Crippen LogP) is 2.68. The van der Waals surface area contributed by atoms with Crippen molar-refractivity contribution in [2.24, 2.45) is 11.8 Å². The lowest BCUT2D eigenvalue weighted by Gasteiger charge is -2.24. The molecule has 3 atom stereocenters. The number of aliphatic hydroxyl groups excluding tert-OH is 1. The van der Waals surface area contributed by atoms with E-state index in [1.165, 1.54) is 4.90 Å². The fraction of sp³-hybridized carbons (Fsp3) is 0.524. The predicted molar refractivity (Wildman–Crippen MR) is 98.7 cm³/mol. The molecule has 1 fully saturated rings. The van der Waals surface area contributed by atoms with Crippen molar-refractivity contribution in [1.82, 2.24) is 4.90 Å². The molecule has 0 radical (unpaired) electrons. The molecular weight excluding hydrogens is 330 g/mol. The Hall–Kier alpha value is -2.14. The summed E-state index contributed by atoms with van der Waals surface area (Å²) in [6, 6.07) is 7.73. The average molecular weight is 357 g/mol. The number of fused-ring (bicyclic) bond motifs is 1. The monoisotopic (exact) mass is 357 g/mol. The van der Waals surface area contributed by atoms with Crippen molar-refractivity contribution in [2.75, 3.05) is 13.2 Å². The molecule has 2 aliphatic rings. The van der Waals surface area contributed by atoms with Crippen LogP contribution in [0.1, 0.15) is 39.2 Å². The summed E-state index contributed by atoms with van der Waals surface area (Å²) in [5.74, 6) is -0.141. The largest absolute Gasteiger partial charge is 0.491 e. The van der Waals surface area contributed by atoms with Crippen LogP contribution in [0.4, 0.5) is 0 Å².